The summed E-state index contributed by atoms with van der Waals surface area (Å²) in [6.07, 6.45) is 0.405. The Morgan fingerprint density at radius 2 is 1.70 bits per heavy atom. The smallest absolute Gasteiger partial charge is 0.403 e. The number of ether oxygens (including phenoxy) is 3. The van der Waals surface area contributed by atoms with Crippen LogP contribution in [0.2, 0.25) is 0 Å². The van der Waals surface area contributed by atoms with E-state index in [9.17, 15) is 41.5 Å². The zero-order chi connectivity index (χ0) is 40.8. The van der Waals surface area contributed by atoms with Crippen molar-refractivity contribution in [3.05, 3.63) is 53.6 Å². The molecule has 2 aromatic rings. The number of carbonyl (C=O) groups is 5. The summed E-state index contributed by atoms with van der Waals surface area (Å²) in [7, 11) is 1.22. The van der Waals surface area contributed by atoms with Crippen LogP contribution in [0.15, 0.2) is 36.7 Å². The lowest BCUT2D eigenvalue weighted by Crippen LogP contribution is -2.67. The van der Waals surface area contributed by atoms with E-state index < -0.39 is 70.5 Å². The Balaban J connectivity index is 1.09. The Morgan fingerprint density at radius 1 is 1.02 bits per heavy atom. The van der Waals surface area contributed by atoms with Crippen molar-refractivity contribution in [3.63, 3.8) is 0 Å². The molecule has 310 valence electrons. The minimum absolute atomic E-state index is 0.0403. The van der Waals surface area contributed by atoms with E-state index in [1.165, 1.54) is 41.2 Å². The second-order valence-corrected chi connectivity index (χ2v) is 16.5. The van der Waals surface area contributed by atoms with Crippen molar-refractivity contribution < 1.29 is 55.7 Å². The van der Waals surface area contributed by atoms with E-state index >= 15 is 0 Å². The van der Waals surface area contributed by atoms with Gasteiger partial charge in [0, 0.05) is 49.8 Å². The number of alkyl halides is 3. The Labute approximate surface area is 326 Å². The zero-order valence-corrected chi connectivity index (χ0v) is 31.9. The molecule has 2 saturated carbocycles. The summed E-state index contributed by atoms with van der Waals surface area (Å²) in [5, 5.41) is 9.75. The van der Waals surface area contributed by atoms with E-state index in [0.29, 0.717) is 6.61 Å². The quantitative estimate of drug-likeness (QED) is 0.216. The predicted molar refractivity (Wildman–Crippen MR) is 191 cm³/mol. The zero-order valence-electron chi connectivity index (χ0n) is 31.9. The number of esters is 1. The van der Waals surface area contributed by atoms with Crippen LogP contribution in [0.25, 0.3) is 0 Å². The topological polar surface area (TPSA) is 161 Å². The minimum atomic E-state index is -4.72. The number of aromatic nitrogens is 2. The number of nitrogens with zero attached hydrogens (tertiary/aromatic N) is 4. The third-order valence-electron chi connectivity index (χ3n) is 12.6. The fraction of sp³-hybridized carbons (Fsp3) is 0.641. The van der Waals surface area contributed by atoms with Crippen LogP contribution in [-0.4, -0.2) is 127 Å². The number of methoxy groups -OCH3 is 1. The number of halogens is 4. The van der Waals surface area contributed by atoms with Gasteiger partial charge in [-0.2, -0.15) is 18.3 Å². The maximum atomic E-state index is 14.4. The molecule has 5 heterocycles. The lowest BCUT2D eigenvalue weighted by molar-refractivity contribution is -0.205. The highest BCUT2D eigenvalue weighted by Crippen LogP contribution is 2.60. The van der Waals surface area contributed by atoms with Gasteiger partial charge in [-0.15, -0.1) is 0 Å². The van der Waals surface area contributed by atoms with E-state index in [4.69, 9.17) is 9.47 Å². The fourth-order valence-electron chi connectivity index (χ4n) is 8.78. The number of carbonyl (C=O) groups excluding carboxylic acids is 5. The standard InChI is InChI=1S/C39H48F4N6O8/c1-24(56-22-36-10-7-28(8-11-36)57-23-36)31(33(52)44-14-9-30(50)55-2)46-32(51)29-18-47(19-37(29)20-48(21-37)35(54)38(12-13-38)39(41,42)43)34(53)26-15-45-49(17-26)16-25-3-5-27(40)6-4-25/h3-6,15,17,24,28-29,31H,7-14,16,18-23H2,1-2H3,(H,44,52)(H,46,51)/t24-,28?,29+,31+,36?/m1/s1. The van der Waals surface area contributed by atoms with Crippen LogP contribution in [0.5, 0.6) is 0 Å². The molecule has 14 nitrogen and oxygen atoms in total. The molecule has 4 amide bonds. The molecule has 8 rings (SSSR count). The molecule has 3 atom stereocenters. The van der Waals surface area contributed by atoms with Crippen LogP contribution in [0, 0.1) is 28.0 Å². The van der Waals surface area contributed by atoms with Crippen LogP contribution >= 0.6 is 0 Å². The van der Waals surface area contributed by atoms with Gasteiger partial charge in [0.25, 0.3) is 5.91 Å². The van der Waals surface area contributed by atoms with Gasteiger partial charge in [-0.1, -0.05) is 12.1 Å². The van der Waals surface area contributed by atoms with Gasteiger partial charge in [0.2, 0.25) is 17.7 Å². The maximum absolute atomic E-state index is 14.4. The van der Waals surface area contributed by atoms with Crippen molar-refractivity contribution in [2.45, 2.75) is 82.8 Å². The molecule has 1 aromatic heterocycles. The number of benzene rings is 1. The van der Waals surface area contributed by atoms with E-state index in [-0.39, 0.29) is 82.2 Å². The number of likely N-dealkylation sites (tertiary alicyclic amines) is 2. The number of rotatable bonds is 14. The average Bonchev–Trinajstić information content (AvgIpc) is 3.73. The second-order valence-electron chi connectivity index (χ2n) is 16.5. The highest BCUT2D eigenvalue weighted by Gasteiger charge is 2.71. The Bertz CT molecular complexity index is 1840. The van der Waals surface area contributed by atoms with Gasteiger partial charge < -0.3 is 34.6 Å². The van der Waals surface area contributed by atoms with Crippen molar-refractivity contribution in [3.8, 4) is 0 Å². The lowest BCUT2D eigenvalue weighted by Gasteiger charge is -2.51. The molecule has 0 radical (unpaired) electrons. The predicted octanol–water partition coefficient (Wildman–Crippen LogP) is 2.84. The van der Waals surface area contributed by atoms with Crippen molar-refractivity contribution in [1.82, 2.24) is 30.2 Å². The molecule has 1 aromatic carbocycles. The summed E-state index contributed by atoms with van der Waals surface area (Å²) in [6.45, 7) is 2.06. The molecule has 4 aliphatic heterocycles. The fourth-order valence-corrected chi connectivity index (χ4v) is 8.78. The first-order valence-corrected chi connectivity index (χ1v) is 19.4. The lowest BCUT2D eigenvalue weighted by atomic mass is 9.70. The molecule has 57 heavy (non-hydrogen) atoms. The molecule has 2 bridgehead atoms. The van der Waals surface area contributed by atoms with E-state index in [1.54, 1.807) is 19.1 Å². The molecule has 6 fully saturated rings. The summed E-state index contributed by atoms with van der Waals surface area (Å²) in [5.41, 5.74) is -2.84. The molecule has 2 N–H and O–H groups in total. The van der Waals surface area contributed by atoms with Crippen LogP contribution in [0.4, 0.5) is 17.6 Å². The summed E-state index contributed by atoms with van der Waals surface area (Å²) in [4.78, 5) is 69.6. The van der Waals surface area contributed by atoms with Gasteiger partial charge in [0.15, 0.2) is 0 Å². The second kappa shape index (κ2) is 15.6. The largest absolute Gasteiger partial charge is 0.469 e. The van der Waals surface area contributed by atoms with Crippen molar-refractivity contribution in [2.75, 3.05) is 53.0 Å². The van der Waals surface area contributed by atoms with Crippen molar-refractivity contribution >= 4 is 29.6 Å². The van der Waals surface area contributed by atoms with Gasteiger partial charge in [0.1, 0.15) is 17.3 Å². The molecular formula is C39H48F4N6O8. The first-order chi connectivity index (χ1) is 27.1. The van der Waals surface area contributed by atoms with E-state index in [1.807, 2.05) is 0 Å². The molecule has 1 spiro atoms. The van der Waals surface area contributed by atoms with Crippen molar-refractivity contribution in [2.24, 2.45) is 22.2 Å². The summed E-state index contributed by atoms with van der Waals surface area (Å²) in [5.74, 6) is -4.74. The van der Waals surface area contributed by atoms with Crippen LogP contribution in [0.3, 0.4) is 0 Å². The molecule has 18 heteroatoms. The van der Waals surface area contributed by atoms with Gasteiger partial charge in [-0.05, 0) is 63.1 Å². The van der Waals surface area contributed by atoms with Gasteiger partial charge >= 0.3 is 12.1 Å². The van der Waals surface area contributed by atoms with Crippen LogP contribution < -0.4 is 10.6 Å². The molecule has 4 saturated heterocycles. The number of hydrogen-bond donors (Lipinski definition) is 2. The normalized spacial score (nSPS) is 25.4. The number of hydrogen-bond acceptors (Lipinski definition) is 9. The summed E-state index contributed by atoms with van der Waals surface area (Å²) < 4.78 is 73.7. The number of fused-ring (bicyclic) bond motifs is 3. The molecule has 2 aliphatic carbocycles. The minimum Gasteiger partial charge on any atom is -0.469 e. The first kappa shape index (κ1) is 40.6. The third kappa shape index (κ3) is 8.24. The molecule has 6 aliphatic rings. The number of amides is 4. The van der Waals surface area contributed by atoms with Gasteiger partial charge in [-0.3, -0.25) is 28.7 Å². The van der Waals surface area contributed by atoms with Gasteiger partial charge in [-0.25, -0.2) is 4.39 Å². The highest BCUT2D eigenvalue weighted by molar-refractivity contribution is 5.96. The van der Waals surface area contributed by atoms with E-state index in [0.717, 1.165) is 36.1 Å². The molecule has 0 unspecified atom stereocenters. The van der Waals surface area contributed by atoms with Crippen LogP contribution in [0.1, 0.15) is 67.8 Å². The Kier molecular flexibility index (Phi) is 11.1. The SMILES string of the molecule is COC(=O)CCNC(=O)[C@@H](NC(=O)[C@@H]1CN(C(=O)c2cnn(Cc3ccc(F)cc3)c2)CC12CN(C(=O)C1(C(F)(F)F)CC1)C2)[C@@H](C)OCC12CCC(CC1)OC2. The Hall–Kier alpha value is -4.58. The summed E-state index contributed by atoms with van der Waals surface area (Å²) in [6, 6.07) is 4.55. The first-order valence-electron chi connectivity index (χ1n) is 19.4. The molecular weight excluding hydrogens is 756 g/mol. The third-order valence-corrected chi connectivity index (χ3v) is 12.6. The number of nitrogens with one attached hydrogen (secondary N) is 2. The highest BCUT2D eigenvalue weighted by atomic mass is 19.4. The monoisotopic (exact) mass is 804 g/mol. The average molecular weight is 805 g/mol. The van der Waals surface area contributed by atoms with Crippen molar-refractivity contribution in [1.29, 1.82) is 0 Å². The van der Waals surface area contributed by atoms with Gasteiger partial charge in [0.05, 0.1) is 63.2 Å². The summed E-state index contributed by atoms with van der Waals surface area (Å²) >= 11 is 0. The van der Waals surface area contributed by atoms with Crippen LogP contribution in [-0.2, 0) is 39.9 Å². The maximum Gasteiger partial charge on any atom is 0.403 e. The Morgan fingerprint density at radius 3 is 2.32 bits per heavy atom. The van der Waals surface area contributed by atoms with E-state index in [2.05, 4.69) is 20.5 Å².